The van der Waals surface area contributed by atoms with Crippen LogP contribution in [-0.4, -0.2) is 39.8 Å². The topological polar surface area (TPSA) is 53.6 Å². The van der Waals surface area contributed by atoms with E-state index in [2.05, 4.69) is 10.6 Å². The number of anilines is 1. The molecule has 0 aromatic heterocycles. The molecule has 0 saturated carbocycles. The molecule has 1 aromatic carbocycles. The summed E-state index contributed by atoms with van der Waals surface area (Å²) in [6.07, 6.45) is 0. The van der Waals surface area contributed by atoms with Crippen molar-refractivity contribution in [2.45, 2.75) is 6.92 Å². The number of hydrogen-bond donors (Lipinski definition) is 2. The summed E-state index contributed by atoms with van der Waals surface area (Å²) in [5.41, 5.74) is 1.94. The minimum atomic E-state index is -0.0590. The van der Waals surface area contributed by atoms with E-state index in [0.29, 0.717) is 19.0 Å². The maximum absolute atomic E-state index is 12.1. The van der Waals surface area contributed by atoms with Crippen molar-refractivity contribution in [3.05, 3.63) is 23.8 Å². The van der Waals surface area contributed by atoms with E-state index in [-0.39, 0.29) is 6.03 Å². The molecule has 0 aliphatic carbocycles. The van der Waals surface area contributed by atoms with Crippen LogP contribution in [0.15, 0.2) is 18.2 Å². The lowest BCUT2D eigenvalue weighted by Crippen LogP contribution is -2.53. The summed E-state index contributed by atoms with van der Waals surface area (Å²) in [6, 6.07) is 5.81. The highest BCUT2D eigenvalue weighted by atomic mass is 16.5. The van der Waals surface area contributed by atoms with Crippen molar-refractivity contribution in [2.24, 2.45) is 5.92 Å². The third-order valence-electron chi connectivity index (χ3n) is 3.35. The minimum Gasteiger partial charge on any atom is -0.495 e. The number of hydrogen-bond acceptors (Lipinski definition) is 3. The normalized spacial score (nSPS) is 19.2. The van der Waals surface area contributed by atoms with Gasteiger partial charge < -0.3 is 15.4 Å². The summed E-state index contributed by atoms with van der Waals surface area (Å²) in [7, 11) is 3.55. The summed E-state index contributed by atoms with van der Waals surface area (Å²) in [5, 5.41) is 6.08. The van der Waals surface area contributed by atoms with Gasteiger partial charge >= 0.3 is 6.03 Å². The molecule has 1 atom stereocenters. The number of nitrogens with zero attached hydrogens (tertiary/aromatic N) is 1. The Hall–Kier alpha value is -1.75. The number of amides is 2. The van der Waals surface area contributed by atoms with E-state index in [1.165, 1.54) is 0 Å². The fraction of sp³-hybridized carbons (Fsp3) is 0.500. The Morgan fingerprint density at radius 1 is 1.53 bits per heavy atom. The van der Waals surface area contributed by atoms with Crippen LogP contribution < -0.4 is 20.3 Å². The average Bonchev–Trinajstić information content (AvgIpc) is 2.41. The molecule has 19 heavy (non-hydrogen) atoms. The van der Waals surface area contributed by atoms with Crippen LogP contribution in [0.5, 0.6) is 5.75 Å². The van der Waals surface area contributed by atoms with Gasteiger partial charge in [-0.3, -0.25) is 4.90 Å². The maximum Gasteiger partial charge on any atom is 0.322 e. The summed E-state index contributed by atoms with van der Waals surface area (Å²) in [4.78, 5) is 13.8. The van der Waals surface area contributed by atoms with E-state index in [1.807, 2.05) is 32.2 Å². The zero-order valence-corrected chi connectivity index (χ0v) is 11.7. The summed E-state index contributed by atoms with van der Waals surface area (Å²) in [6.45, 7) is 4.30. The van der Waals surface area contributed by atoms with E-state index >= 15 is 0 Å². The number of nitrogens with one attached hydrogen (secondary N) is 2. The van der Waals surface area contributed by atoms with Crippen LogP contribution in [-0.2, 0) is 0 Å². The summed E-state index contributed by atoms with van der Waals surface area (Å²) >= 11 is 0. The molecule has 0 radical (unpaired) electrons. The molecular weight excluding hydrogens is 242 g/mol. The Labute approximate surface area is 113 Å². The number of methoxy groups -OCH3 is 1. The van der Waals surface area contributed by atoms with Crippen LogP contribution in [0.2, 0.25) is 0 Å². The highest BCUT2D eigenvalue weighted by molar-refractivity contribution is 5.94. The van der Waals surface area contributed by atoms with Crippen molar-refractivity contribution in [3.63, 3.8) is 0 Å². The molecule has 0 bridgehead atoms. The molecule has 1 unspecified atom stereocenters. The van der Waals surface area contributed by atoms with E-state index < -0.39 is 0 Å². The Kier molecular flexibility index (Phi) is 4.27. The molecule has 1 fully saturated rings. The Morgan fingerprint density at radius 2 is 2.32 bits per heavy atom. The Balaban J connectivity index is 2.27. The van der Waals surface area contributed by atoms with Crippen molar-refractivity contribution < 1.29 is 9.53 Å². The van der Waals surface area contributed by atoms with Crippen molar-refractivity contribution >= 4 is 11.7 Å². The molecule has 1 aliphatic heterocycles. The third kappa shape index (κ3) is 2.98. The van der Waals surface area contributed by atoms with E-state index in [4.69, 9.17) is 4.74 Å². The maximum atomic E-state index is 12.1. The first-order valence-corrected chi connectivity index (χ1v) is 6.50. The molecule has 1 aromatic rings. The zero-order valence-electron chi connectivity index (χ0n) is 11.7. The fourth-order valence-corrected chi connectivity index (χ4v) is 2.38. The van der Waals surface area contributed by atoms with Crippen LogP contribution in [0.4, 0.5) is 10.5 Å². The second-order valence-corrected chi connectivity index (χ2v) is 4.90. The van der Waals surface area contributed by atoms with Crippen LogP contribution in [0.3, 0.4) is 0 Å². The Morgan fingerprint density at radius 3 is 3.00 bits per heavy atom. The van der Waals surface area contributed by atoms with Crippen molar-refractivity contribution in [2.75, 3.05) is 38.7 Å². The van der Waals surface area contributed by atoms with Gasteiger partial charge in [-0.25, -0.2) is 4.79 Å². The first-order valence-electron chi connectivity index (χ1n) is 6.50. The van der Waals surface area contributed by atoms with Gasteiger partial charge in [0.2, 0.25) is 0 Å². The highest BCUT2D eigenvalue weighted by Gasteiger charge is 2.27. The van der Waals surface area contributed by atoms with Gasteiger partial charge in [-0.2, -0.15) is 0 Å². The van der Waals surface area contributed by atoms with Gasteiger partial charge in [0.15, 0.2) is 0 Å². The molecule has 1 saturated heterocycles. The first kappa shape index (κ1) is 13.7. The number of rotatable bonds is 4. The van der Waals surface area contributed by atoms with Gasteiger partial charge in [-0.1, -0.05) is 6.07 Å². The molecule has 5 nitrogen and oxygen atoms in total. The number of ether oxygens (including phenoxy) is 1. The number of urea groups is 1. The first-order chi connectivity index (χ1) is 9.15. The van der Waals surface area contributed by atoms with Gasteiger partial charge in [0.05, 0.1) is 12.8 Å². The van der Waals surface area contributed by atoms with E-state index in [0.717, 1.165) is 23.5 Å². The SMILES string of the molecule is CNCC1CNC(=O)N(c2cc(C)ccc2OC)C1. The Bertz CT molecular complexity index is 462. The minimum absolute atomic E-state index is 0.0590. The second-order valence-electron chi connectivity index (χ2n) is 4.90. The van der Waals surface area contributed by atoms with Crippen molar-refractivity contribution in [1.82, 2.24) is 10.6 Å². The standard InChI is InChI=1S/C14H21N3O2/c1-10-4-5-13(19-3)12(6-10)17-9-11(7-15-2)8-16-14(17)18/h4-6,11,15H,7-9H2,1-3H3,(H,16,18). The molecule has 2 N–H and O–H groups in total. The summed E-state index contributed by atoms with van der Waals surface area (Å²) in [5.74, 6) is 1.12. The highest BCUT2D eigenvalue weighted by Crippen LogP contribution is 2.30. The zero-order chi connectivity index (χ0) is 13.8. The van der Waals surface area contributed by atoms with Crippen molar-refractivity contribution in [1.29, 1.82) is 0 Å². The third-order valence-corrected chi connectivity index (χ3v) is 3.35. The van der Waals surface area contributed by atoms with Gasteiger partial charge in [0, 0.05) is 25.6 Å². The number of carbonyl (C=O) groups excluding carboxylic acids is 1. The fourth-order valence-electron chi connectivity index (χ4n) is 2.38. The average molecular weight is 263 g/mol. The lowest BCUT2D eigenvalue weighted by molar-refractivity contribution is 0.236. The summed E-state index contributed by atoms with van der Waals surface area (Å²) < 4.78 is 5.36. The molecule has 104 valence electrons. The predicted molar refractivity (Wildman–Crippen MR) is 75.9 cm³/mol. The van der Waals surface area contributed by atoms with Gasteiger partial charge in [-0.15, -0.1) is 0 Å². The largest absolute Gasteiger partial charge is 0.495 e. The molecule has 1 heterocycles. The monoisotopic (exact) mass is 263 g/mol. The molecule has 0 spiro atoms. The smallest absolute Gasteiger partial charge is 0.322 e. The van der Waals surface area contributed by atoms with E-state index in [1.54, 1.807) is 12.0 Å². The van der Waals surface area contributed by atoms with Crippen LogP contribution in [0.25, 0.3) is 0 Å². The van der Waals surface area contributed by atoms with Crippen LogP contribution in [0.1, 0.15) is 5.56 Å². The number of carbonyl (C=O) groups is 1. The van der Waals surface area contributed by atoms with Gasteiger partial charge in [-0.05, 0) is 31.7 Å². The number of aryl methyl sites for hydroxylation is 1. The molecular formula is C14H21N3O2. The number of benzene rings is 1. The molecule has 1 aliphatic rings. The lowest BCUT2D eigenvalue weighted by atomic mass is 10.1. The van der Waals surface area contributed by atoms with Crippen LogP contribution >= 0.6 is 0 Å². The van der Waals surface area contributed by atoms with Crippen molar-refractivity contribution in [3.8, 4) is 5.75 Å². The van der Waals surface area contributed by atoms with E-state index in [9.17, 15) is 4.79 Å². The molecule has 2 amide bonds. The lowest BCUT2D eigenvalue weighted by Gasteiger charge is -2.34. The van der Waals surface area contributed by atoms with Gasteiger partial charge in [0.1, 0.15) is 5.75 Å². The predicted octanol–water partition coefficient (Wildman–Crippen LogP) is 1.37. The van der Waals surface area contributed by atoms with Gasteiger partial charge in [0.25, 0.3) is 0 Å². The molecule has 5 heteroatoms. The molecule has 2 rings (SSSR count). The van der Waals surface area contributed by atoms with Crippen LogP contribution in [0, 0.1) is 12.8 Å². The second kappa shape index (κ2) is 5.93. The quantitative estimate of drug-likeness (QED) is 0.862.